The van der Waals surface area contributed by atoms with Gasteiger partial charge in [0.05, 0.1) is 5.52 Å². The van der Waals surface area contributed by atoms with Crippen LogP contribution in [0, 0.1) is 6.92 Å². The number of anilines is 1. The number of para-hydroxylation sites is 1. The standard InChI is InChI=1S/C21H20N4O2/c1-14-18-13-15(7-8-16(18)17-5-2-3-6-19(17)23-14)22-10-4-11-25-12-9-20(26)24-21(25)27/h2-3,5-9,12-13,22H,4,10-11H2,1H3,(H,24,26,27). The Bertz CT molecular complexity index is 1240. The third-order valence-corrected chi connectivity index (χ3v) is 4.69. The number of H-pyrrole nitrogens is 1. The van der Waals surface area contributed by atoms with Crippen LogP contribution in [0.4, 0.5) is 5.69 Å². The van der Waals surface area contributed by atoms with Crippen molar-refractivity contribution >= 4 is 27.4 Å². The SMILES string of the molecule is Cc1nc2ccccc2c2ccc(NCCCn3ccc(=O)[nH]c3=O)cc12. The lowest BCUT2D eigenvalue weighted by Crippen LogP contribution is -2.29. The Kier molecular flexibility index (Phi) is 4.46. The molecule has 0 fully saturated rings. The molecule has 0 radical (unpaired) electrons. The summed E-state index contributed by atoms with van der Waals surface area (Å²) in [5.41, 5.74) is 2.29. The minimum absolute atomic E-state index is 0.373. The topological polar surface area (TPSA) is 79.8 Å². The zero-order chi connectivity index (χ0) is 18.8. The normalized spacial score (nSPS) is 11.1. The molecule has 6 heteroatoms. The molecule has 2 aromatic carbocycles. The van der Waals surface area contributed by atoms with Crippen LogP contribution in [0.3, 0.4) is 0 Å². The van der Waals surface area contributed by atoms with Crippen LogP contribution in [0.1, 0.15) is 12.1 Å². The van der Waals surface area contributed by atoms with E-state index in [0.717, 1.165) is 40.6 Å². The number of aromatic amines is 1. The molecule has 0 spiro atoms. The smallest absolute Gasteiger partial charge is 0.328 e. The second-order valence-electron chi connectivity index (χ2n) is 6.56. The molecule has 0 saturated carbocycles. The molecule has 4 aromatic rings. The quantitative estimate of drug-likeness (QED) is 0.423. The Hall–Kier alpha value is -3.41. The van der Waals surface area contributed by atoms with Gasteiger partial charge in [-0.1, -0.05) is 24.3 Å². The molecule has 2 aromatic heterocycles. The minimum Gasteiger partial charge on any atom is -0.385 e. The molecule has 0 aliphatic heterocycles. The number of nitrogens with zero attached hydrogens (tertiary/aromatic N) is 2. The fourth-order valence-corrected chi connectivity index (χ4v) is 3.33. The maximum atomic E-state index is 11.7. The number of hydrogen-bond acceptors (Lipinski definition) is 4. The monoisotopic (exact) mass is 360 g/mol. The van der Waals surface area contributed by atoms with Gasteiger partial charge in [0.1, 0.15) is 0 Å². The molecule has 2 N–H and O–H groups in total. The summed E-state index contributed by atoms with van der Waals surface area (Å²) in [5, 5.41) is 6.89. The minimum atomic E-state index is -0.373. The molecular formula is C21H20N4O2. The van der Waals surface area contributed by atoms with Crippen molar-refractivity contribution < 1.29 is 0 Å². The van der Waals surface area contributed by atoms with Gasteiger partial charge in [-0.25, -0.2) is 4.79 Å². The van der Waals surface area contributed by atoms with Crippen LogP contribution < -0.4 is 16.6 Å². The molecule has 4 rings (SSSR count). The highest BCUT2D eigenvalue weighted by atomic mass is 16.2. The van der Waals surface area contributed by atoms with Gasteiger partial charge in [-0.2, -0.15) is 0 Å². The molecule has 27 heavy (non-hydrogen) atoms. The number of nitrogens with one attached hydrogen (secondary N) is 2. The van der Waals surface area contributed by atoms with Crippen molar-refractivity contribution in [3.05, 3.63) is 81.3 Å². The zero-order valence-corrected chi connectivity index (χ0v) is 15.0. The van der Waals surface area contributed by atoms with E-state index in [1.807, 2.05) is 25.1 Å². The Morgan fingerprint density at radius 3 is 2.74 bits per heavy atom. The van der Waals surface area contributed by atoms with Gasteiger partial charge in [-0.05, 0) is 36.9 Å². The van der Waals surface area contributed by atoms with Crippen molar-refractivity contribution in [2.45, 2.75) is 19.9 Å². The molecule has 136 valence electrons. The maximum absolute atomic E-state index is 11.7. The lowest BCUT2D eigenvalue weighted by molar-refractivity contribution is 0.619. The van der Waals surface area contributed by atoms with Gasteiger partial charge in [0.2, 0.25) is 0 Å². The van der Waals surface area contributed by atoms with Crippen LogP contribution in [-0.2, 0) is 6.54 Å². The predicted molar refractivity (Wildman–Crippen MR) is 108 cm³/mol. The van der Waals surface area contributed by atoms with E-state index in [9.17, 15) is 9.59 Å². The number of hydrogen-bond donors (Lipinski definition) is 2. The summed E-state index contributed by atoms with van der Waals surface area (Å²) in [7, 11) is 0. The first-order valence-electron chi connectivity index (χ1n) is 8.94. The molecule has 2 heterocycles. The fraction of sp³-hybridized carbons (Fsp3) is 0.190. The molecule has 6 nitrogen and oxygen atoms in total. The number of aromatic nitrogens is 3. The molecule has 0 aliphatic carbocycles. The second-order valence-corrected chi connectivity index (χ2v) is 6.56. The lowest BCUT2D eigenvalue weighted by atomic mass is 10.0. The van der Waals surface area contributed by atoms with E-state index >= 15 is 0 Å². The van der Waals surface area contributed by atoms with Crippen LogP contribution in [0.5, 0.6) is 0 Å². The van der Waals surface area contributed by atoms with E-state index in [0.29, 0.717) is 6.54 Å². The number of fused-ring (bicyclic) bond motifs is 3. The van der Waals surface area contributed by atoms with Gasteiger partial charge in [-0.3, -0.25) is 14.8 Å². The van der Waals surface area contributed by atoms with Gasteiger partial charge in [0, 0.05) is 47.5 Å². The molecule has 0 unspecified atom stereocenters. The van der Waals surface area contributed by atoms with Crippen molar-refractivity contribution in [3.63, 3.8) is 0 Å². The summed E-state index contributed by atoms with van der Waals surface area (Å²) < 4.78 is 1.50. The largest absolute Gasteiger partial charge is 0.385 e. The Morgan fingerprint density at radius 1 is 1.04 bits per heavy atom. The van der Waals surface area contributed by atoms with Gasteiger partial charge in [-0.15, -0.1) is 0 Å². The van der Waals surface area contributed by atoms with E-state index in [1.165, 1.54) is 22.2 Å². The maximum Gasteiger partial charge on any atom is 0.328 e. The molecule has 0 bridgehead atoms. The summed E-state index contributed by atoms with van der Waals surface area (Å²) in [5.74, 6) is 0. The summed E-state index contributed by atoms with van der Waals surface area (Å²) in [4.78, 5) is 29.7. The number of aryl methyl sites for hydroxylation is 2. The Morgan fingerprint density at radius 2 is 1.89 bits per heavy atom. The van der Waals surface area contributed by atoms with Gasteiger partial charge < -0.3 is 9.88 Å². The molecule has 0 amide bonds. The Labute approximate surface area is 155 Å². The van der Waals surface area contributed by atoms with Gasteiger partial charge >= 0.3 is 5.69 Å². The first-order chi connectivity index (χ1) is 13.1. The van der Waals surface area contributed by atoms with Crippen LogP contribution in [-0.4, -0.2) is 21.1 Å². The molecule has 0 atom stereocenters. The summed E-state index contributed by atoms with van der Waals surface area (Å²) >= 11 is 0. The highest BCUT2D eigenvalue weighted by molar-refractivity contribution is 6.07. The van der Waals surface area contributed by atoms with Crippen LogP contribution in [0.2, 0.25) is 0 Å². The molecule has 0 aliphatic rings. The third kappa shape index (κ3) is 3.46. The average Bonchev–Trinajstić information content (AvgIpc) is 2.67. The molecular weight excluding hydrogens is 340 g/mol. The summed E-state index contributed by atoms with van der Waals surface area (Å²) in [6.45, 7) is 3.29. The first-order valence-corrected chi connectivity index (χ1v) is 8.94. The zero-order valence-electron chi connectivity index (χ0n) is 15.0. The Balaban J connectivity index is 1.49. The van der Waals surface area contributed by atoms with Gasteiger partial charge in [0.15, 0.2) is 0 Å². The van der Waals surface area contributed by atoms with E-state index in [4.69, 9.17) is 4.98 Å². The number of rotatable bonds is 5. The lowest BCUT2D eigenvalue weighted by Gasteiger charge is -2.11. The van der Waals surface area contributed by atoms with E-state index in [2.05, 4.69) is 34.6 Å². The highest BCUT2D eigenvalue weighted by Crippen LogP contribution is 2.28. The summed E-state index contributed by atoms with van der Waals surface area (Å²) in [6, 6.07) is 15.8. The van der Waals surface area contributed by atoms with Gasteiger partial charge in [0.25, 0.3) is 5.56 Å². The number of benzene rings is 2. The first kappa shape index (κ1) is 17.0. The average molecular weight is 360 g/mol. The van der Waals surface area contributed by atoms with Crippen molar-refractivity contribution in [2.24, 2.45) is 0 Å². The van der Waals surface area contributed by atoms with Crippen LogP contribution in [0.25, 0.3) is 21.7 Å². The van der Waals surface area contributed by atoms with Crippen molar-refractivity contribution in [1.29, 1.82) is 0 Å². The number of pyridine rings is 1. The highest BCUT2D eigenvalue weighted by Gasteiger charge is 2.06. The van der Waals surface area contributed by atoms with E-state index in [1.54, 1.807) is 0 Å². The van der Waals surface area contributed by atoms with Crippen molar-refractivity contribution in [2.75, 3.05) is 11.9 Å². The van der Waals surface area contributed by atoms with E-state index in [-0.39, 0.29) is 11.2 Å². The van der Waals surface area contributed by atoms with Crippen molar-refractivity contribution in [3.8, 4) is 0 Å². The van der Waals surface area contributed by atoms with E-state index < -0.39 is 0 Å². The second kappa shape index (κ2) is 7.07. The predicted octanol–water partition coefficient (Wildman–Crippen LogP) is 3.05. The van der Waals surface area contributed by atoms with Crippen molar-refractivity contribution in [1.82, 2.24) is 14.5 Å². The molecule has 0 saturated heterocycles. The summed E-state index contributed by atoms with van der Waals surface area (Å²) in [6.07, 6.45) is 2.29. The van der Waals surface area contributed by atoms with Crippen LogP contribution >= 0.6 is 0 Å². The van der Waals surface area contributed by atoms with Crippen LogP contribution in [0.15, 0.2) is 64.3 Å². The fourth-order valence-electron chi connectivity index (χ4n) is 3.33. The third-order valence-electron chi connectivity index (χ3n) is 4.69.